The summed E-state index contributed by atoms with van der Waals surface area (Å²) in [5.41, 5.74) is -0.342. The van der Waals surface area contributed by atoms with Crippen LogP contribution in [-0.4, -0.2) is 48.2 Å². The number of nitrogens with one attached hydrogen (secondary N) is 1. The van der Waals surface area contributed by atoms with E-state index >= 15 is 0 Å². The number of piperidine rings is 1. The van der Waals surface area contributed by atoms with Crippen LogP contribution < -0.4 is 5.32 Å². The Kier molecular flexibility index (Phi) is 4.41. The Bertz CT molecular complexity index is 478. The molecule has 3 unspecified atom stereocenters. The molecule has 4 heteroatoms. The highest BCUT2D eigenvalue weighted by atomic mass is 16.3. The molecule has 5 rings (SSSR count). The number of nitrogens with zero attached hydrogens (tertiary/aromatic N) is 1. The second kappa shape index (κ2) is 6.28. The summed E-state index contributed by atoms with van der Waals surface area (Å²) in [5, 5.41) is 14.0. The smallest absolute Gasteiger partial charge is 0.220 e. The molecule has 136 valence electrons. The van der Waals surface area contributed by atoms with Gasteiger partial charge in [0.15, 0.2) is 0 Å². The molecule has 24 heavy (non-hydrogen) atoms. The Morgan fingerprint density at radius 2 is 2.00 bits per heavy atom. The standard InChI is InChI=1S/C20H34N2O2/c1-22-6-2-3-15(13-22)4-5-21-18(23)12-19-8-16-7-17(9-19)11-20(24,10-16)14-19/h15-17,24H,2-14H2,1H3,(H,21,23). The van der Waals surface area contributed by atoms with E-state index in [1.807, 2.05) is 0 Å². The van der Waals surface area contributed by atoms with Crippen LogP contribution >= 0.6 is 0 Å². The maximum atomic E-state index is 12.5. The zero-order valence-corrected chi connectivity index (χ0v) is 15.2. The molecule has 0 aromatic heterocycles. The minimum atomic E-state index is -0.447. The fourth-order valence-corrected chi connectivity index (χ4v) is 6.94. The van der Waals surface area contributed by atoms with Gasteiger partial charge in [0.2, 0.25) is 5.91 Å². The van der Waals surface area contributed by atoms with Gasteiger partial charge in [0.05, 0.1) is 5.60 Å². The second-order valence-corrected chi connectivity index (χ2v) is 9.77. The molecule has 1 saturated heterocycles. The van der Waals surface area contributed by atoms with Gasteiger partial charge in [-0.3, -0.25) is 4.79 Å². The molecular formula is C20H34N2O2. The summed E-state index contributed by atoms with van der Waals surface area (Å²) < 4.78 is 0. The van der Waals surface area contributed by atoms with E-state index < -0.39 is 5.60 Å². The van der Waals surface area contributed by atoms with Crippen molar-refractivity contribution < 1.29 is 9.90 Å². The number of likely N-dealkylation sites (tertiary alicyclic amines) is 1. The fraction of sp³-hybridized carbons (Fsp3) is 0.950. The zero-order chi connectivity index (χ0) is 16.8. The number of hydrogen-bond donors (Lipinski definition) is 2. The SMILES string of the molecule is CN1CCCC(CCNC(=O)CC23CC4CC(CC(O)(C4)C2)C3)C1. The molecule has 4 bridgehead atoms. The van der Waals surface area contributed by atoms with Gasteiger partial charge in [-0.2, -0.15) is 0 Å². The van der Waals surface area contributed by atoms with Crippen molar-refractivity contribution >= 4 is 5.91 Å². The van der Waals surface area contributed by atoms with Crippen molar-refractivity contribution in [1.29, 1.82) is 0 Å². The third kappa shape index (κ3) is 3.50. The van der Waals surface area contributed by atoms with E-state index in [1.165, 1.54) is 45.2 Å². The van der Waals surface area contributed by atoms with E-state index in [0.717, 1.165) is 38.1 Å². The van der Waals surface area contributed by atoms with Crippen LogP contribution in [0.15, 0.2) is 0 Å². The van der Waals surface area contributed by atoms with Crippen LogP contribution in [0.5, 0.6) is 0 Å². The van der Waals surface area contributed by atoms with E-state index in [0.29, 0.717) is 18.3 Å². The lowest BCUT2D eigenvalue weighted by atomic mass is 9.47. The Morgan fingerprint density at radius 3 is 2.67 bits per heavy atom. The van der Waals surface area contributed by atoms with Gasteiger partial charge in [-0.05, 0) is 94.5 Å². The number of carbonyl (C=O) groups is 1. The molecule has 0 spiro atoms. The predicted octanol–water partition coefficient (Wildman–Crippen LogP) is 2.56. The van der Waals surface area contributed by atoms with Crippen molar-refractivity contribution in [3.8, 4) is 0 Å². The van der Waals surface area contributed by atoms with Crippen molar-refractivity contribution in [1.82, 2.24) is 10.2 Å². The molecular weight excluding hydrogens is 300 g/mol. The molecule has 0 radical (unpaired) electrons. The quantitative estimate of drug-likeness (QED) is 0.812. The van der Waals surface area contributed by atoms with Crippen molar-refractivity contribution in [3.63, 3.8) is 0 Å². The van der Waals surface area contributed by atoms with E-state index in [4.69, 9.17) is 0 Å². The first-order valence-electron chi connectivity index (χ1n) is 10.1. The summed E-state index contributed by atoms with van der Waals surface area (Å²) in [6, 6.07) is 0. The topological polar surface area (TPSA) is 52.6 Å². The van der Waals surface area contributed by atoms with E-state index in [9.17, 15) is 9.90 Å². The predicted molar refractivity (Wildman–Crippen MR) is 94.5 cm³/mol. The highest BCUT2D eigenvalue weighted by Crippen LogP contribution is 2.62. The lowest BCUT2D eigenvalue weighted by Gasteiger charge is -2.60. The third-order valence-corrected chi connectivity index (χ3v) is 7.28. The summed E-state index contributed by atoms with van der Waals surface area (Å²) >= 11 is 0. The third-order valence-electron chi connectivity index (χ3n) is 7.28. The monoisotopic (exact) mass is 334 g/mol. The first-order valence-corrected chi connectivity index (χ1v) is 10.1. The maximum absolute atomic E-state index is 12.5. The van der Waals surface area contributed by atoms with Crippen LogP contribution in [0.4, 0.5) is 0 Å². The molecule has 2 N–H and O–H groups in total. The molecule has 4 nitrogen and oxygen atoms in total. The van der Waals surface area contributed by atoms with Gasteiger partial charge in [0.25, 0.3) is 0 Å². The van der Waals surface area contributed by atoms with Crippen molar-refractivity contribution in [2.24, 2.45) is 23.2 Å². The molecule has 1 amide bonds. The van der Waals surface area contributed by atoms with Gasteiger partial charge >= 0.3 is 0 Å². The van der Waals surface area contributed by atoms with Gasteiger partial charge in [0, 0.05) is 19.5 Å². The Balaban J connectivity index is 1.26. The van der Waals surface area contributed by atoms with Crippen LogP contribution in [0.1, 0.15) is 64.2 Å². The van der Waals surface area contributed by atoms with Crippen LogP contribution in [-0.2, 0) is 4.79 Å². The maximum Gasteiger partial charge on any atom is 0.220 e. The summed E-state index contributed by atoms with van der Waals surface area (Å²) in [5.74, 6) is 2.30. The van der Waals surface area contributed by atoms with Crippen LogP contribution in [0.25, 0.3) is 0 Å². The van der Waals surface area contributed by atoms with Gasteiger partial charge in [0.1, 0.15) is 0 Å². The average molecular weight is 335 g/mol. The first-order chi connectivity index (χ1) is 11.4. The molecule has 5 fully saturated rings. The first kappa shape index (κ1) is 16.8. The molecule has 0 aromatic rings. The molecule has 4 saturated carbocycles. The summed E-state index contributed by atoms with van der Waals surface area (Å²) in [7, 11) is 2.20. The zero-order valence-electron chi connectivity index (χ0n) is 15.2. The molecule has 0 aromatic carbocycles. The van der Waals surface area contributed by atoms with Crippen LogP contribution in [0, 0.1) is 23.2 Å². The molecule has 1 heterocycles. The lowest BCUT2D eigenvalue weighted by Crippen LogP contribution is -2.56. The second-order valence-electron chi connectivity index (χ2n) is 9.77. The summed E-state index contributed by atoms with van der Waals surface area (Å²) in [4.78, 5) is 14.9. The number of aliphatic hydroxyl groups is 1. The fourth-order valence-electron chi connectivity index (χ4n) is 6.94. The van der Waals surface area contributed by atoms with E-state index in [-0.39, 0.29) is 11.3 Å². The number of hydrogen-bond acceptors (Lipinski definition) is 3. The van der Waals surface area contributed by atoms with E-state index in [1.54, 1.807) is 0 Å². The van der Waals surface area contributed by atoms with Crippen molar-refractivity contribution in [2.45, 2.75) is 69.8 Å². The minimum absolute atomic E-state index is 0.105. The summed E-state index contributed by atoms with van der Waals surface area (Å²) in [6.45, 7) is 3.22. The highest BCUT2D eigenvalue weighted by molar-refractivity contribution is 5.76. The molecule has 1 aliphatic heterocycles. The molecule has 5 aliphatic rings. The Hall–Kier alpha value is -0.610. The normalized spacial score (nSPS) is 44.7. The summed E-state index contributed by atoms with van der Waals surface area (Å²) in [6.07, 6.45) is 10.8. The number of rotatable bonds is 5. The van der Waals surface area contributed by atoms with Crippen molar-refractivity contribution in [3.05, 3.63) is 0 Å². The highest BCUT2D eigenvalue weighted by Gasteiger charge is 2.57. The lowest BCUT2D eigenvalue weighted by molar-refractivity contribution is -0.169. The number of carbonyl (C=O) groups excluding carboxylic acids is 1. The molecule has 3 atom stereocenters. The average Bonchev–Trinajstić information content (AvgIpc) is 2.43. The van der Waals surface area contributed by atoms with Gasteiger partial charge in [-0.1, -0.05) is 0 Å². The van der Waals surface area contributed by atoms with Gasteiger partial charge < -0.3 is 15.3 Å². The molecule has 4 aliphatic carbocycles. The largest absolute Gasteiger partial charge is 0.390 e. The van der Waals surface area contributed by atoms with Crippen LogP contribution in [0.3, 0.4) is 0 Å². The van der Waals surface area contributed by atoms with Gasteiger partial charge in [-0.15, -0.1) is 0 Å². The van der Waals surface area contributed by atoms with E-state index in [2.05, 4.69) is 17.3 Å². The van der Waals surface area contributed by atoms with Crippen LogP contribution in [0.2, 0.25) is 0 Å². The Labute approximate surface area is 146 Å². The van der Waals surface area contributed by atoms with Gasteiger partial charge in [-0.25, -0.2) is 0 Å². The Morgan fingerprint density at radius 1 is 1.25 bits per heavy atom. The number of amides is 1. The minimum Gasteiger partial charge on any atom is -0.390 e. The van der Waals surface area contributed by atoms with Crippen molar-refractivity contribution in [2.75, 3.05) is 26.7 Å².